The lowest BCUT2D eigenvalue weighted by Crippen LogP contribution is -2.44. The smallest absolute Gasteiger partial charge is 0.161 e. The number of carbonyl (C=O) groups excluding carboxylic acids is 1. The molecule has 1 fully saturated rings. The fourth-order valence-electron chi connectivity index (χ4n) is 3.99. The maximum Gasteiger partial charge on any atom is 0.161 e. The zero-order valence-corrected chi connectivity index (χ0v) is 14.0. The van der Waals surface area contributed by atoms with E-state index >= 15 is 0 Å². The molecule has 2 nitrogen and oxygen atoms in total. The van der Waals surface area contributed by atoms with Crippen LogP contribution in [0, 0.1) is 11.8 Å². The van der Waals surface area contributed by atoms with E-state index in [0.717, 1.165) is 18.5 Å². The SMILES string of the molecule is CC1CCCCC1C(=O)/C=C1\NC(C)(C)Cc2ccccc21. The molecule has 22 heavy (non-hydrogen) atoms. The molecule has 1 aromatic carbocycles. The van der Waals surface area contributed by atoms with Crippen LogP contribution in [0.3, 0.4) is 0 Å². The molecule has 2 atom stereocenters. The maximum atomic E-state index is 12.8. The van der Waals surface area contributed by atoms with Gasteiger partial charge in [0, 0.05) is 28.8 Å². The average Bonchev–Trinajstić information content (AvgIpc) is 2.46. The lowest BCUT2D eigenvalue weighted by Gasteiger charge is -2.36. The highest BCUT2D eigenvalue weighted by Crippen LogP contribution is 2.33. The van der Waals surface area contributed by atoms with Gasteiger partial charge in [-0.2, -0.15) is 0 Å². The summed E-state index contributed by atoms with van der Waals surface area (Å²) in [5.41, 5.74) is 3.54. The molecule has 1 N–H and O–H groups in total. The number of nitrogens with one attached hydrogen (secondary N) is 1. The molecule has 0 aromatic heterocycles. The normalized spacial score (nSPS) is 28.8. The van der Waals surface area contributed by atoms with Crippen LogP contribution in [0.5, 0.6) is 0 Å². The number of carbonyl (C=O) groups is 1. The van der Waals surface area contributed by atoms with Crippen molar-refractivity contribution in [1.29, 1.82) is 0 Å². The molecule has 0 spiro atoms. The van der Waals surface area contributed by atoms with Gasteiger partial charge >= 0.3 is 0 Å². The van der Waals surface area contributed by atoms with Crippen molar-refractivity contribution in [3.8, 4) is 0 Å². The van der Waals surface area contributed by atoms with Crippen molar-refractivity contribution in [2.45, 2.75) is 58.4 Å². The molecule has 2 unspecified atom stereocenters. The molecule has 118 valence electrons. The highest BCUT2D eigenvalue weighted by molar-refractivity contribution is 5.98. The van der Waals surface area contributed by atoms with E-state index in [1.165, 1.54) is 30.4 Å². The van der Waals surface area contributed by atoms with E-state index in [-0.39, 0.29) is 11.5 Å². The Morgan fingerprint density at radius 1 is 1.23 bits per heavy atom. The standard InChI is InChI=1S/C20H27NO/c1-14-8-4-6-10-16(14)19(22)12-18-17-11-7-5-9-15(17)13-20(2,3)21-18/h5,7,9,11-12,14,16,21H,4,6,8,10,13H2,1-3H3/b18-12-. The zero-order valence-electron chi connectivity index (χ0n) is 14.0. The van der Waals surface area contributed by atoms with Crippen LogP contribution in [0.1, 0.15) is 57.6 Å². The first kappa shape index (κ1) is 15.3. The van der Waals surface area contributed by atoms with Crippen LogP contribution in [0.25, 0.3) is 5.70 Å². The van der Waals surface area contributed by atoms with Crippen LogP contribution in [0.15, 0.2) is 30.3 Å². The summed E-state index contributed by atoms with van der Waals surface area (Å²) >= 11 is 0. The van der Waals surface area contributed by atoms with E-state index < -0.39 is 0 Å². The second kappa shape index (κ2) is 5.91. The minimum atomic E-state index is -0.00134. The van der Waals surface area contributed by atoms with Crippen LogP contribution < -0.4 is 5.32 Å². The number of hydrogen-bond donors (Lipinski definition) is 1. The monoisotopic (exact) mass is 297 g/mol. The van der Waals surface area contributed by atoms with Crippen molar-refractivity contribution in [2.24, 2.45) is 11.8 Å². The first-order chi connectivity index (χ1) is 10.5. The number of benzene rings is 1. The van der Waals surface area contributed by atoms with Crippen molar-refractivity contribution >= 4 is 11.5 Å². The number of hydrogen-bond acceptors (Lipinski definition) is 2. The van der Waals surface area contributed by atoms with E-state index in [9.17, 15) is 4.79 Å². The Morgan fingerprint density at radius 2 is 1.95 bits per heavy atom. The Hall–Kier alpha value is -1.57. The number of allylic oxidation sites excluding steroid dienone is 1. The van der Waals surface area contributed by atoms with Crippen LogP contribution in [-0.4, -0.2) is 11.3 Å². The first-order valence-corrected chi connectivity index (χ1v) is 8.58. The predicted octanol–water partition coefficient (Wildman–Crippen LogP) is 4.35. The second-order valence-electron chi connectivity index (χ2n) is 7.67. The summed E-state index contributed by atoms with van der Waals surface area (Å²) < 4.78 is 0. The van der Waals surface area contributed by atoms with Gasteiger partial charge in [-0.3, -0.25) is 4.79 Å². The number of fused-ring (bicyclic) bond motifs is 1. The van der Waals surface area contributed by atoms with Gasteiger partial charge in [-0.15, -0.1) is 0 Å². The van der Waals surface area contributed by atoms with Gasteiger partial charge in [-0.25, -0.2) is 0 Å². The first-order valence-electron chi connectivity index (χ1n) is 8.58. The van der Waals surface area contributed by atoms with Crippen molar-refractivity contribution < 1.29 is 4.79 Å². The van der Waals surface area contributed by atoms with Gasteiger partial charge in [0.15, 0.2) is 5.78 Å². The number of rotatable bonds is 2. The van der Waals surface area contributed by atoms with E-state index in [1.807, 2.05) is 6.08 Å². The average molecular weight is 297 g/mol. The Bertz CT molecular complexity index is 599. The van der Waals surface area contributed by atoms with Gasteiger partial charge in [-0.05, 0) is 38.2 Å². The molecule has 2 heteroatoms. The highest BCUT2D eigenvalue weighted by atomic mass is 16.1. The second-order valence-corrected chi connectivity index (χ2v) is 7.67. The van der Waals surface area contributed by atoms with Crippen LogP contribution in [-0.2, 0) is 11.2 Å². The van der Waals surface area contributed by atoms with Crippen LogP contribution in [0.4, 0.5) is 0 Å². The molecule has 0 amide bonds. The molecule has 3 rings (SSSR count). The van der Waals surface area contributed by atoms with Gasteiger partial charge in [-0.1, -0.05) is 50.5 Å². The Kier molecular flexibility index (Phi) is 4.12. The lowest BCUT2D eigenvalue weighted by atomic mass is 9.77. The molecular formula is C20H27NO. The fraction of sp³-hybridized carbons (Fsp3) is 0.550. The molecule has 1 aromatic rings. The Morgan fingerprint density at radius 3 is 2.73 bits per heavy atom. The van der Waals surface area contributed by atoms with Crippen molar-refractivity contribution in [3.63, 3.8) is 0 Å². The van der Waals surface area contributed by atoms with Gasteiger partial charge in [0.1, 0.15) is 0 Å². The van der Waals surface area contributed by atoms with Gasteiger partial charge < -0.3 is 5.32 Å². The Balaban J connectivity index is 1.91. The van der Waals surface area contributed by atoms with Crippen LogP contribution in [0.2, 0.25) is 0 Å². The highest BCUT2D eigenvalue weighted by Gasteiger charge is 2.30. The summed E-state index contributed by atoms with van der Waals surface area (Å²) in [6.45, 7) is 6.63. The predicted molar refractivity (Wildman–Crippen MR) is 91.5 cm³/mol. The third kappa shape index (κ3) is 3.11. The molecule has 1 aliphatic heterocycles. The lowest BCUT2D eigenvalue weighted by molar-refractivity contribution is -0.120. The summed E-state index contributed by atoms with van der Waals surface area (Å²) in [4.78, 5) is 12.8. The summed E-state index contributed by atoms with van der Waals surface area (Å²) in [6.07, 6.45) is 7.58. The zero-order chi connectivity index (χ0) is 15.7. The largest absolute Gasteiger partial charge is 0.379 e. The molecule has 0 saturated heterocycles. The third-order valence-corrected chi connectivity index (χ3v) is 5.18. The molecule has 2 aliphatic rings. The van der Waals surface area contributed by atoms with E-state index in [4.69, 9.17) is 0 Å². The topological polar surface area (TPSA) is 29.1 Å². The van der Waals surface area contributed by atoms with Crippen molar-refractivity contribution in [3.05, 3.63) is 41.5 Å². The summed E-state index contributed by atoms with van der Waals surface area (Å²) in [5.74, 6) is 1.03. The van der Waals surface area contributed by atoms with Gasteiger partial charge in [0.2, 0.25) is 0 Å². The van der Waals surface area contributed by atoms with Crippen molar-refractivity contribution in [2.75, 3.05) is 0 Å². The van der Waals surface area contributed by atoms with Gasteiger partial charge in [0.25, 0.3) is 0 Å². The molecular weight excluding hydrogens is 270 g/mol. The fourth-order valence-corrected chi connectivity index (χ4v) is 3.99. The van der Waals surface area contributed by atoms with Crippen molar-refractivity contribution in [1.82, 2.24) is 5.32 Å². The minimum absolute atomic E-state index is 0.00134. The molecule has 1 saturated carbocycles. The molecule has 0 bridgehead atoms. The minimum Gasteiger partial charge on any atom is -0.379 e. The van der Waals surface area contributed by atoms with E-state index in [1.54, 1.807) is 0 Å². The molecule has 1 aliphatic carbocycles. The van der Waals surface area contributed by atoms with E-state index in [2.05, 4.69) is 50.4 Å². The number of ketones is 1. The molecule has 1 heterocycles. The van der Waals surface area contributed by atoms with Crippen LogP contribution >= 0.6 is 0 Å². The maximum absolute atomic E-state index is 12.8. The Labute approximate surface area is 134 Å². The third-order valence-electron chi connectivity index (χ3n) is 5.18. The van der Waals surface area contributed by atoms with E-state index in [0.29, 0.717) is 11.7 Å². The summed E-state index contributed by atoms with van der Waals surface area (Å²) in [6, 6.07) is 8.45. The summed E-state index contributed by atoms with van der Waals surface area (Å²) in [7, 11) is 0. The van der Waals surface area contributed by atoms with Gasteiger partial charge in [0.05, 0.1) is 0 Å². The quantitative estimate of drug-likeness (QED) is 0.822. The summed E-state index contributed by atoms with van der Waals surface area (Å²) in [5, 5.41) is 3.57. The molecule has 0 radical (unpaired) electrons.